The predicted octanol–water partition coefficient (Wildman–Crippen LogP) is 4.41. The minimum absolute atomic E-state index is 0.306. The summed E-state index contributed by atoms with van der Waals surface area (Å²) >= 11 is 0. The molecule has 0 N–H and O–H groups in total. The maximum absolute atomic E-state index is 4.73. The van der Waals surface area contributed by atoms with E-state index >= 15 is 0 Å². The molecule has 110 valence electrons. The maximum atomic E-state index is 4.73. The molecule has 4 atom stereocenters. The van der Waals surface area contributed by atoms with E-state index in [0.717, 1.165) is 11.6 Å². The number of hydrogen-bond acceptors (Lipinski definition) is 2. The van der Waals surface area contributed by atoms with Gasteiger partial charge in [-0.1, -0.05) is 13.8 Å². The van der Waals surface area contributed by atoms with Gasteiger partial charge in [-0.3, -0.25) is 4.98 Å². The second kappa shape index (κ2) is 3.99. The van der Waals surface area contributed by atoms with Crippen LogP contribution in [0.2, 0.25) is 0 Å². The molecule has 2 nitrogen and oxygen atoms in total. The van der Waals surface area contributed by atoms with Crippen molar-refractivity contribution in [3.8, 4) is 0 Å². The van der Waals surface area contributed by atoms with E-state index in [0.29, 0.717) is 17.0 Å². The topological polar surface area (TPSA) is 16.1 Å². The molecule has 20 heavy (non-hydrogen) atoms. The Hall–Kier alpha value is -1.05. The Kier molecular flexibility index (Phi) is 2.78. The molecule has 0 spiro atoms. The molecule has 0 amide bonds. The molecular formula is C18H28N2. The molecule has 3 rings (SSSR count). The number of aromatic nitrogens is 1. The van der Waals surface area contributed by atoms with E-state index in [1.807, 2.05) is 0 Å². The van der Waals surface area contributed by atoms with E-state index in [9.17, 15) is 0 Å². The number of hydrogen-bond donors (Lipinski definition) is 0. The van der Waals surface area contributed by atoms with E-state index in [2.05, 4.69) is 59.4 Å². The minimum Gasteiger partial charge on any atom is -0.361 e. The van der Waals surface area contributed by atoms with Crippen molar-refractivity contribution in [2.45, 2.75) is 72.9 Å². The number of rotatable bonds is 1. The summed E-state index contributed by atoms with van der Waals surface area (Å²) in [6.45, 7) is 16.3. The molecule has 1 saturated heterocycles. The molecule has 4 unspecified atom stereocenters. The van der Waals surface area contributed by atoms with Crippen LogP contribution in [0, 0.1) is 32.1 Å². The van der Waals surface area contributed by atoms with Crippen LogP contribution in [0.4, 0.5) is 5.69 Å². The van der Waals surface area contributed by atoms with Crippen LogP contribution in [0.5, 0.6) is 0 Å². The van der Waals surface area contributed by atoms with E-state index in [1.165, 1.54) is 29.8 Å². The van der Waals surface area contributed by atoms with Gasteiger partial charge in [-0.15, -0.1) is 0 Å². The van der Waals surface area contributed by atoms with Gasteiger partial charge in [0.05, 0.1) is 11.4 Å². The van der Waals surface area contributed by atoms with Crippen LogP contribution in [-0.2, 0) is 0 Å². The smallest absolute Gasteiger partial charge is 0.0619 e. The summed E-state index contributed by atoms with van der Waals surface area (Å²) in [5.41, 5.74) is 5.84. The van der Waals surface area contributed by atoms with Crippen molar-refractivity contribution in [3.05, 3.63) is 23.0 Å². The molecule has 2 fully saturated rings. The first-order valence-electron chi connectivity index (χ1n) is 7.93. The fourth-order valence-corrected chi connectivity index (χ4v) is 5.31. The highest BCUT2D eigenvalue weighted by atomic mass is 15.3. The van der Waals surface area contributed by atoms with Crippen molar-refractivity contribution in [2.75, 3.05) is 4.90 Å². The fraction of sp³-hybridized carbons (Fsp3) is 0.722. The number of piperidine rings is 1. The summed E-state index contributed by atoms with van der Waals surface area (Å²) in [4.78, 5) is 7.43. The van der Waals surface area contributed by atoms with Gasteiger partial charge in [-0.25, -0.2) is 0 Å². The molecule has 1 aromatic rings. The monoisotopic (exact) mass is 272 g/mol. The normalized spacial score (nSPS) is 39.6. The zero-order valence-electron chi connectivity index (χ0n) is 14.0. The first kappa shape index (κ1) is 13.9. The lowest BCUT2D eigenvalue weighted by atomic mass is 9.75. The van der Waals surface area contributed by atoms with Crippen LogP contribution in [0.1, 0.15) is 57.5 Å². The lowest BCUT2D eigenvalue weighted by molar-refractivity contribution is 0.199. The molecule has 1 aliphatic heterocycles. The average Bonchev–Trinajstić information content (AvgIpc) is 2.64. The molecule has 1 aromatic heterocycles. The Morgan fingerprint density at radius 1 is 1.20 bits per heavy atom. The number of fused-ring (bicyclic) bond motifs is 2. The molecule has 2 heteroatoms. The summed E-state index contributed by atoms with van der Waals surface area (Å²) in [5.74, 6) is 0.817. The van der Waals surface area contributed by atoms with Crippen LogP contribution in [0.15, 0.2) is 6.07 Å². The average molecular weight is 272 g/mol. The van der Waals surface area contributed by atoms with E-state index in [-0.39, 0.29) is 0 Å². The van der Waals surface area contributed by atoms with E-state index in [1.54, 1.807) is 0 Å². The van der Waals surface area contributed by atoms with Crippen molar-refractivity contribution < 1.29 is 0 Å². The van der Waals surface area contributed by atoms with Crippen molar-refractivity contribution in [3.63, 3.8) is 0 Å². The van der Waals surface area contributed by atoms with Gasteiger partial charge in [-0.05, 0) is 70.4 Å². The summed E-state index contributed by atoms with van der Waals surface area (Å²) in [5, 5.41) is 0. The van der Waals surface area contributed by atoms with Crippen LogP contribution in [-0.4, -0.2) is 16.6 Å². The van der Waals surface area contributed by atoms with Crippen molar-refractivity contribution in [1.29, 1.82) is 0 Å². The van der Waals surface area contributed by atoms with Gasteiger partial charge < -0.3 is 4.90 Å². The molecular weight excluding hydrogens is 244 g/mol. The highest BCUT2D eigenvalue weighted by Gasteiger charge is 2.62. The molecule has 2 heterocycles. The lowest BCUT2D eigenvalue weighted by Crippen LogP contribution is -2.51. The largest absolute Gasteiger partial charge is 0.361 e. The summed E-state index contributed by atoms with van der Waals surface area (Å²) in [6, 6.07) is 2.83. The van der Waals surface area contributed by atoms with E-state index < -0.39 is 0 Å². The van der Waals surface area contributed by atoms with Crippen LogP contribution < -0.4 is 4.90 Å². The predicted molar refractivity (Wildman–Crippen MR) is 85.3 cm³/mol. The van der Waals surface area contributed by atoms with Crippen molar-refractivity contribution in [2.24, 2.45) is 11.3 Å². The first-order chi connectivity index (χ1) is 9.19. The van der Waals surface area contributed by atoms with Gasteiger partial charge in [0.2, 0.25) is 0 Å². The van der Waals surface area contributed by atoms with Gasteiger partial charge >= 0.3 is 0 Å². The van der Waals surface area contributed by atoms with Crippen molar-refractivity contribution >= 4 is 5.69 Å². The molecule has 1 saturated carbocycles. The standard InChI is InChI=1S/C18H28N2/c1-11-8-13(3)19-14(4)16(11)20-15(5)18(7)10-17(20,6)9-12(18)2/h8,12,15H,9-10H2,1-7H3. The van der Waals surface area contributed by atoms with Crippen LogP contribution in [0.25, 0.3) is 0 Å². The van der Waals surface area contributed by atoms with Gasteiger partial charge in [-0.2, -0.15) is 0 Å². The third-order valence-corrected chi connectivity index (χ3v) is 6.28. The summed E-state index contributed by atoms with van der Waals surface area (Å²) in [7, 11) is 0. The Morgan fingerprint density at radius 2 is 1.85 bits per heavy atom. The van der Waals surface area contributed by atoms with Crippen LogP contribution in [0.3, 0.4) is 0 Å². The number of nitrogens with zero attached hydrogens (tertiary/aromatic N) is 2. The third-order valence-electron chi connectivity index (χ3n) is 6.28. The van der Waals surface area contributed by atoms with Crippen molar-refractivity contribution in [1.82, 2.24) is 4.98 Å². The molecule has 0 radical (unpaired) electrons. The Balaban J connectivity index is 2.13. The molecule has 2 bridgehead atoms. The molecule has 0 aromatic carbocycles. The molecule has 1 aliphatic carbocycles. The second-order valence-corrected chi connectivity index (χ2v) is 7.85. The summed E-state index contributed by atoms with van der Waals surface area (Å²) < 4.78 is 0. The second-order valence-electron chi connectivity index (χ2n) is 7.85. The van der Waals surface area contributed by atoms with Crippen LogP contribution >= 0.6 is 0 Å². The Labute approximate surface area is 123 Å². The number of aryl methyl sites for hydroxylation is 3. The van der Waals surface area contributed by atoms with Gasteiger partial charge in [0.1, 0.15) is 0 Å². The zero-order chi connectivity index (χ0) is 14.9. The van der Waals surface area contributed by atoms with E-state index in [4.69, 9.17) is 4.98 Å². The third kappa shape index (κ3) is 1.60. The Morgan fingerprint density at radius 3 is 2.35 bits per heavy atom. The Bertz CT molecular complexity index is 542. The fourth-order valence-electron chi connectivity index (χ4n) is 5.31. The lowest BCUT2D eigenvalue weighted by Gasteiger charge is -2.47. The number of anilines is 1. The zero-order valence-corrected chi connectivity index (χ0v) is 14.0. The summed E-state index contributed by atoms with van der Waals surface area (Å²) in [6.07, 6.45) is 2.62. The first-order valence-corrected chi connectivity index (χ1v) is 7.93. The minimum atomic E-state index is 0.306. The SMILES string of the molecule is Cc1cc(C)c(N2C(C)C3(C)CC2(C)CC3C)c(C)n1. The van der Waals surface area contributed by atoms with Gasteiger partial charge in [0, 0.05) is 17.3 Å². The highest BCUT2D eigenvalue weighted by Crippen LogP contribution is 2.62. The quantitative estimate of drug-likeness (QED) is 0.753. The van der Waals surface area contributed by atoms with Gasteiger partial charge in [0.25, 0.3) is 0 Å². The highest BCUT2D eigenvalue weighted by molar-refractivity contribution is 5.62. The maximum Gasteiger partial charge on any atom is 0.0619 e. The van der Waals surface area contributed by atoms with Gasteiger partial charge in [0.15, 0.2) is 0 Å². The number of pyridine rings is 1. The molecule has 2 aliphatic rings.